The molecule has 0 bridgehead atoms. The Kier molecular flexibility index (Phi) is 4.49. The first-order valence-corrected chi connectivity index (χ1v) is 7.99. The highest BCUT2D eigenvalue weighted by atomic mass is 32.1. The number of aromatic nitrogens is 1. The summed E-state index contributed by atoms with van der Waals surface area (Å²) in [5, 5.41) is 13.5. The predicted octanol–water partition coefficient (Wildman–Crippen LogP) is 2.95. The summed E-state index contributed by atoms with van der Waals surface area (Å²) in [5.41, 5.74) is -1.15. The molecule has 0 radical (unpaired) electrons. The number of esters is 1. The molecule has 1 N–H and O–H groups in total. The Balaban J connectivity index is 1.87. The summed E-state index contributed by atoms with van der Waals surface area (Å²) in [6.45, 7) is 5.64. The van der Waals surface area contributed by atoms with Crippen molar-refractivity contribution in [2.24, 2.45) is 5.92 Å². The fourth-order valence-corrected chi connectivity index (χ4v) is 3.33. The van der Waals surface area contributed by atoms with Gasteiger partial charge in [0.05, 0.1) is 16.5 Å². The smallest absolute Gasteiger partial charge is 0.309 e. The first kappa shape index (κ1) is 15.4. The van der Waals surface area contributed by atoms with E-state index in [2.05, 4.69) is 4.98 Å². The molecule has 5 heteroatoms. The van der Waals surface area contributed by atoms with Crippen molar-refractivity contribution in [3.05, 3.63) is 16.6 Å². The van der Waals surface area contributed by atoms with Crippen molar-refractivity contribution < 1.29 is 14.6 Å². The lowest BCUT2D eigenvalue weighted by Gasteiger charge is -2.35. The number of ether oxygens (including phenoxy) is 1. The average Bonchev–Trinajstić information content (AvgIpc) is 2.79. The van der Waals surface area contributed by atoms with Gasteiger partial charge in [-0.3, -0.25) is 4.79 Å². The molecule has 0 aromatic carbocycles. The van der Waals surface area contributed by atoms with Crippen LogP contribution in [0.3, 0.4) is 0 Å². The molecule has 0 saturated heterocycles. The molecule has 0 unspecified atom stereocenters. The van der Waals surface area contributed by atoms with Gasteiger partial charge in [0.1, 0.15) is 5.60 Å². The predicted molar refractivity (Wildman–Crippen MR) is 78.6 cm³/mol. The molecule has 1 fully saturated rings. The molecule has 1 aliphatic carbocycles. The van der Waals surface area contributed by atoms with Gasteiger partial charge in [0, 0.05) is 18.0 Å². The summed E-state index contributed by atoms with van der Waals surface area (Å²) in [5.74, 6) is -0.209. The highest BCUT2D eigenvalue weighted by Gasteiger charge is 2.37. The summed E-state index contributed by atoms with van der Waals surface area (Å²) in [6.07, 6.45) is 5.00. The number of carbonyl (C=O) groups excluding carboxylic acids is 1. The Bertz CT molecular complexity index is 442. The van der Waals surface area contributed by atoms with Gasteiger partial charge in [-0.1, -0.05) is 0 Å². The largest absolute Gasteiger partial charge is 0.460 e. The van der Waals surface area contributed by atoms with Gasteiger partial charge in [-0.2, -0.15) is 0 Å². The van der Waals surface area contributed by atoms with Crippen molar-refractivity contribution in [1.82, 2.24) is 4.98 Å². The van der Waals surface area contributed by atoms with Gasteiger partial charge >= 0.3 is 5.97 Å². The second-order valence-electron chi connectivity index (χ2n) is 6.63. The van der Waals surface area contributed by atoms with Crippen LogP contribution in [-0.2, 0) is 16.0 Å². The van der Waals surface area contributed by atoms with E-state index in [0.717, 1.165) is 5.01 Å². The number of aliphatic hydroxyl groups is 1. The molecular formula is C15H23NO3S. The summed E-state index contributed by atoms with van der Waals surface area (Å²) in [4.78, 5) is 16.3. The quantitative estimate of drug-likeness (QED) is 0.871. The van der Waals surface area contributed by atoms with Crippen LogP contribution in [0.4, 0.5) is 0 Å². The van der Waals surface area contributed by atoms with E-state index < -0.39 is 11.2 Å². The number of carbonyl (C=O) groups is 1. The Morgan fingerprint density at radius 3 is 2.65 bits per heavy atom. The van der Waals surface area contributed by atoms with Crippen molar-refractivity contribution >= 4 is 17.3 Å². The van der Waals surface area contributed by atoms with Gasteiger partial charge in [0.25, 0.3) is 0 Å². The third-order valence-electron chi connectivity index (χ3n) is 3.62. The van der Waals surface area contributed by atoms with Crippen LogP contribution in [0.5, 0.6) is 0 Å². The minimum atomic E-state index is -0.712. The standard InChI is InChI=1S/C15H23NO3S/c1-14(2,3)19-13(17)11-4-6-15(18,7-5-11)10-12-16-8-9-20-12/h8-9,11,18H,4-7,10H2,1-3H3. The van der Waals surface area contributed by atoms with E-state index in [1.54, 1.807) is 17.5 Å². The molecule has 1 aliphatic rings. The normalized spacial score (nSPS) is 27.3. The number of rotatable bonds is 3. The number of nitrogens with zero attached hydrogens (tertiary/aromatic N) is 1. The molecule has 112 valence electrons. The lowest BCUT2D eigenvalue weighted by molar-refractivity contribution is -0.162. The average molecular weight is 297 g/mol. The van der Waals surface area contributed by atoms with Crippen LogP contribution in [0.2, 0.25) is 0 Å². The molecule has 1 heterocycles. The zero-order valence-corrected chi connectivity index (χ0v) is 13.2. The van der Waals surface area contributed by atoms with Gasteiger partial charge in [0.2, 0.25) is 0 Å². The minimum absolute atomic E-state index is 0.0780. The number of thiazole rings is 1. The van der Waals surface area contributed by atoms with E-state index in [-0.39, 0.29) is 11.9 Å². The number of hydrogen-bond donors (Lipinski definition) is 1. The number of hydrogen-bond acceptors (Lipinski definition) is 5. The van der Waals surface area contributed by atoms with Crippen molar-refractivity contribution in [3.8, 4) is 0 Å². The van der Waals surface area contributed by atoms with Crippen molar-refractivity contribution in [2.45, 2.75) is 64.1 Å². The second kappa shape index (κ2) is 5.82. The maximum absolute atomic E-state index is 12.0. The van der Waals surface area contributed by atoms with E-state index in [1.165, 1.54) is 0 Å². The van der Waals surface area contributed by atoms with Crippen LogP contribution >= 0.6 is 11.3 Å². The summed E-state index contributed by atoms with van der Waals surface area (Å²) >= 11 is 1.57. The van der Waals surface area contributed by atoms with Crippen LogP contribution in [0.1, 0.15) is 51.5 Å². The minimum Gasteiger partial charge on any atom is -0.460 e. The monoisotopic (exact) mass is 297 g/mol. The van der Waals surface area contributed by atoms with E-state index >= 15 is 0 Å². The van der Waals surface area contributed by atoms with Gasteiger partial charge in [-0.05, 0) is 46.5 Å². The molecule has 20 heavy (non-hydrogen) atoms. The van der Waals surface area contributed by atoms with Crippen molar-refractivity contribution in [2.75, 3.05) is 0 Å². The van der Waals surface area contributed by atoms with E-state index in [9.17, 15) is 9.90 Å². The topological polar surface area (TPSA) is 59.4 Å². The lowest BCUT2D eigenvalue weighted by atomic mass is 9.77. The molecule has 4 nitrogen and oxygen atoms in total. The first-order valence-electron chi connectivity index (χ1n) is 7.11. The second-order valence-corrected chi connectivity index (χ2v) is 7.61. The highest BCUT2D eigenvalue weighted by Crippen LogP contribution is 2.35. The van der Waals surface area contributed by atoms with E-state index in [1.807, 2.05) is 26.2 Å². The fourth-order valence-electron chi connectivity index (χ4n) is 2.57. The molecule has 1 aromatic rings. The Labute approximate surface area is 124 Å². The third kappa shape index (κ3) is 4.28. The molecule has 0 aliphatic heterocycles. The molecule has 0 atom stereocenters. The van der Waals surface area contributed by atoms with E-state index in [4.69, 9.17) is 4.74 Å². The van der Waals surface area contributed by atoms with Crippen molar-refractivity contribution in [1.29, 1.82) is 0 Å². The Morgan fingerprint density at radius 1 is 1.50 bits per heavy atom. The maximum Gasteiger partial charge on any atom is 0.309 e. The van der Waals surface area contributed by atoms with Crippen LogP contribution in [0.15, 0.2) is 11.6 Å². The van der Waals surface area contributed by atoms with Crippen LogP contribution in [0, 0.1) is 5.92 Å². The van der Waals surface area contributed by atoms with Gasteiger partial charge in [0.15, 0.2) is 0 Å². The fraction of sp³-hybridized carbons (Fsp3) is 0.733. The van der Waals surface area contributed by atoms with Gasteiger partial charge < -0.3 is 9.84 Å². The van der Waals surface area contributed by atoms with Crippen LogP contribution in [0.25, 0.3) is 0 Å². The zero-order valence-electron chi connectivity index (χ0n) is 12.4. The van der Waals surface area contributed by atoms with Crippen LogP contribution < -0.4 is 0 Å². The summed E-state index contributed by atoms with van der Waals surface area (Å²) < 4.78 is 5.42. The molecule has 0 amide bonds. The maximum atomic E-state index is 12.0. The Morgan fingerprint density at radius 2 is 2.15 bits per heavy atom. The van der Waals surface area contributed by atoms with Gasteiger partial charge in [-0.15, -0.1) is 11.3 Å². The van der Waals surface area contributed by atoms with E-state index in [0.29, 0.717) is 32.1 Å². The van der Waals surface area contributed by atoms with Crippen LogP contribution in [-0.4, -0.2) is 27.3 Å². The first-order chi connectivity index (χ1) is 9.27. The third-order valence-corrected chi connectivity index (χ3v) is 4.40. The summed E-state index contributed by atoms with van der Waals surface area (Å²) in [7, 11) is 0. The Hall–Kier alpha value is -0.940. The van der Waals surface area contributed by atoms with Crippen molar-refractivity contribution in [3.63, 3.8) is 0 Å². The molecule has 2 rings (SSSR count). The molecule has 0 spiro atoms. The van der Waals surface area contributed by atoms with Gasteiger partial charge in [-0.25, -0.2) is 4.98 Å². The zero-order chi connectivity index (χ0) is 14.8. The lowest BCUT2D eigenvalue weighted by Crippen LogP contribution is -2.39. The molecule has 1 saturated carbocycles. The molecule has 1 aromatic heterocycles. The highest BCUT2D eigenvalue weighted by molar-refractivity contribution is 7.09. The molecular weight excluding hydrogens is 274 g/mol. The SMILES string of the molecule is CC(C)(C)OC(=O)C1CCC(O)(Cc2nccs2)CC1. The summed E-state index contributed by atoms with van der Waals surface area (Å²) in [6, 6.07) is 0.